The monoisotopic (exact) mass is 438 g/mol. The number of hydrogen-bond donors (Lipinski definition) is 1. The zero-order valence-corrected chi connectivity index (χ0v) is 17.8. The van der Waals surface area contributed by atoms with Gasteiger partial charge in [0, 0.05) is 31.9 Å². The van der Waals surface area contributed by atoms with Crippen molar-refractivity contribution in [3.05, 3.63) is 41.8 Å². The number of aromatic hydroxyl groups is 1. The van der Waals surface area contributed by atoms with Gasteiger partial charge in [-0.15, -0.1) is 11.3 Å². The molecule has 1 N–H and O–H groups in total. The predicted molar refractivity (Wildman–Crippen MR) is 112 cm³/mol. The van der Waals surface area contributed by atoms with Gasteiger partial charge in [0.1, 0.15) is 9.96 Å². The summed E-state index contributed by atoms with van der Waals surface area (Å²) >= 11 is 1.24. The van der Waals surface area contributed by atoms with Crippen LogP contribution in [0, 0.1) is 0 Å². The van der Waals surface area contributed by atoms with Gasteiger partial charge in [0.25, 0.3) is 10.0 Å². The standard InChI is InChI=1S/C20H26N2O5S2/c23-18-7-5-16(6-8-18)22-10-9-21(29(24,25)20-4-2-12-28-20)13-17(22)14-26-15-19-3-1-11-27-19/h2,4-8,12,17,19,23H,1,3,9-11,13-15H2/t17-,19-/m1/s1. The quantitative estimate of drug-likeness (QED) is 0.716. The Morgan fingerprint density at radius 2 is 2.00 bits per heavy atom. The molecule has 1 aromatic heterocycles. The largest absolute Gasteiger partial charge is 0.508 e. The highest BCUT2D eigenvalue weighted by Gasteiger charge is 2.35. The first-order chi connectivity index (χ1) is 14.0. The lowest BCUT2D eigenvalue weighted by atomic mass is 10.1. The summed E-state index contributed by atoms with van der Waals surface area (Å²) in [5, 5.41) is 11.4. The van der Waals surface area contributed by atoms with E-state index in [4.69, 9.17) is 9.47 Å². The minimum absolute atomic E-state index is 0.121. The Kier molecular flexibility index (Phi) is 6.41. The van der Waals surface area contributed by atoms with E-state index in [2.05, 4.69) is 4.90 Å². The van der Waals surface area contributed by atoms with Gasteiger partial charge in [-0.25, -0.2) is 8.42 Å². The number of thiophene rings is 1. The molecule has 4 rings (SSSR count). The van der Waals surface area contributed by atoms with Gasteiger partial charge in [0.05, 0.1) is 25.4 Å². The van der Waals surface area contributed by atoms with Crippen LogP contribution >= 0.6 is 11.3 Å². The highest BCUT2D eigenvalue weighted by molar-refractivity contribution is 7.91. The van der Waals surface area contributed by atoms with Crippen molar-refractivity contribution in [2.24, 2.45) is 0 Å². The molecule has 2 aromatic rings. The minimum Gasteiger partial charge on any atom is -0.508 e. The predicted octanol–water partition coefficient (Wildman–Crippen LogP) is 2.53. The Morgan fingerprint density at radius 3 is 2.69 bits per heavy atom. The van der Waals surface area contributed by atoms with E-state index in [1.165, 1.54) is 11.3 Å². The first-order valence-electron chi connectivity index (χ1n) is 9.83. The number of hydrogen-bond acceptors (Lipinski definition) is 7. The lowest BCUT2D eigenvalue weighted by molar-refractivity contribution is 0.00985. The first kappa shape index (κ1) is 20.6. The van der Waals surface area contributed by atoms with E-state index in [1.807, 2.05) is 12.1 Å². The molecule has 0 saturated carbocycles. The van der Waals surface area contributed by atoms with Crippen LogP contribution < -0.4 is 4.90 Å². The highest BCUT2D eigenvalue weighted by Crippen LogP contribution is 2.28. The lowest BCUT2D eigenvalue weighted by Crippen LogP contribution is -2.56. The average Bonchev–Trinajstić information content (AvgIpc) is 3.43. The Hall–Kier alpha value is -1.65. The van der Waals surface area contributed by atoms with Gasteiger partial charge in [0.2, 0.25) is 0 Å². The summed E-state index contributed by atoms with van der Waals surface area (Å²) in [6.45, 7) is 3.04. The molecule has 3 heterocycles. The average molecular weight is 439 g/mol. The van der Waals surface area contributed by atoms with Gasteiger partial charge >= 0.3 is 0 Å². The van der Waals surface area contributed by atoms with E-state index in [1.54, 1.807) is 34.0 Å². The van der Waals surface area contributed by atoms with Crippen LogP contribution in [0.1, 0.15) is 12.8 Å². The second kappa shape index (κ2) is 9.01. The molecule has 2 saturated heterocycles. The molecule has 0 bridgehead atoms. The second-order valence-corrected chi connectivity index (χ2v) is 10.4. The van der Waals surface area contributed by atoms with Crippen LogP contribution in [0.5, 0.6) is 5.75 Å². The fourth-order valence-corrected chi connectivity index (χ4v) is 6.43. The Balaban J connectivity index is 1.49. The summed E-state index contributed by atoms with van der Waals surface area (Å²) in [5.74, 6) is 0.207. The number of anilines is 1. The third kappa shape index (κ3) is 4.75. The minimum atomic E-state index is -3.50. The number of rotatable bonds is 7. The van der Waals surface area contributed by atoms with Gasteiger partial charge in [-0.05, 0) is 48.6 Å². The molecule has 7 nitrogen and oxygen atoms in total. The molecule has 1 aromatic carbocycles. The molecule has 2 aliphatic heterocycles. The maximum absolute atomic E-state index is 13.0. The number of phenolic OH excluding ortho intramolecular Hbond substituents is 1. The normalized spacial score (nSPS) is 23.5. The molecule has 0 spiro atoms. The number of benzene rings is 1. The van der Waals surface area contributed by atoms with Crippen molar-refractivity contribution in [1.82, 2.24) is 4.31 Å². The van der Waals surface area contributed by atoms with Gasteiger partial charge < -0.3 is 19.5 Å². The van der Waals surface area contributed by atoms with Crippen LogP contribution in [-0.2, 0) is 19.5 Å². The van der Waals surface area contributed by atoms with Crippen LogP contribution in [0.15, 0.2) is 46.0 Å². The fourth-order valence-electron chi connectivity index (χ4n) is 3.82. The molecule has 29 heavy (non-hydrogen) atoms. The van der Waals surface area contributed by atoms with Crippen molar-refractivity contribution in [2.45, 2.75) is 29.2 Å². The summed E-state index contributed by atoms with van der Waals surface area (Å²) in [6, 6.07) is 10.3. The third-order valence-electron chi connectivity index (χ3n) is 5.35. The molecule has 0 radical (unpaired) electrons. The molecule has 2 fully saturated rings. The molecular weight excluding hydrogens is 412 g/mol. The Morgan fingerprint density at radius 1 is 1.17 bits per heavy atom. The van der Waals surface area contributed by atoms with Crippen LogP contribution in [0.2, 0.25) is 0 Å². The second-order valence-electron chi connectivity index (χ2n) is 7.33. The van der Waals surface area contributed by atoms with Gasteiger partial charge in [-0.3, -0.25) is 0 Å². The zero-order chi connectivity index (χ0) is 20.3. The summed E-state index contributed by atoms with van der Waals surface area (Å²) in [5.41, 5.74) is 0.946. The molecular formula is C20H26N2O5S2. The molecule has 0 unspecified atom stereocenters. The van der Waals surface area contributed by atoms with Gasteiger partial charge in [0.15, 0.2) is 0 Å². The van der Waals surface area contributed by atoms with Crippen LogP contribution in [-0.4, -0.2) is 69.4 Å². The van der Waals surface area contributed by atoms with E-state index < -0.39 is 10.0 Å². The van der Waals surface area contributed by atoms with Crippen molar-refractivity contribution >= 4 is 27.0 Å². The van der Waals surface area contributed by atoms with E-state index in [0.717, 1.165) is 25.1 Å². The van der Waals surface area contributed by atoms with E-state index in [9.17, 15) is 13.5 Å². The summed E-state index contributed by atoms with van der Waals surface area (Å²) in [6.07, 6.45) is 2.20. The fraction of sp³-hybridized carbons (Fsp3) is 0.500. The molecule has 9 heteroatoms. The molecule has 158 valence electrons. The van der Waals surface area contributed by atoms with Crippen molar-refractivity contribution < 1.29 is 23.0 Å². The molecule has 2 aliphatic rings. The van der Waals surface area contributed by atoms with Gasteiger partial charge in [-0.1, -0.05) is 6.07 Å². The molecule has 0 amide bonds. The molecule has 2 atom stereocenters. The van der Waals surface area contributed by atoms with Crippen LogP contribution in [0.3, 0.4) is 0 Å². The number of piperazine rings is 1. The Bertz CT molecular complexity index is 880. The molecule has 0 aliphatic carbocycles. The summed E-state index contributed by atoms with van der Waals surface area (Å²) in [7, 11) is -3.50. The zero-order valence-electron chi connectivity index (χ0n) is 16.1. The number of phenols is 1. The SMILES string of the molecule is O=S(=O)(c1cccs1)N1CCN(c2ccc(O)cc2)[C@@H](COC[C@H]2CCCO2)C1. The number of nitrogens with zero attached hydrogens (tertiary/aromatic N) is 2. The van der Waals surface area contributed by atoms with Crippen LogP contribution in [0.25, 0.3) is 0 Å². The highest BCUT2D eigenvalue weighted by atomic mass is 32.2. The third-order valence-corrected chi connectivity index (χ3v) is 8.59. The smallest absolute Gasteiger partial charge is 0.252 e. The maximum Gasteiger partial charge on any atom is 0.252 e. The topological polar surface area (TPSA) is 79.3 Å². The maximum atomic E-state index is 13.0. The number of ether oxygens (including phenoxy) is 2. The van der Waals surface area contributed by atoms with Crippen molar-refractivity contribution in [3.8, 4) is 5.75 Å². The summed E-state index contributed by atoms with van der Waals surface area (Å²) < 4.78 is 39.5. The van der Waals surface area contributed by atoms with Gasteiger partial charge in [-0.2, -0.15) is 4.31 Å². The van der Waals surface area contributed by atoms with Crippen molar-refractivity contribution in [1.29, 1.82) is 0 Å². The van der Waals surface area contributed by atoms with E-state index >= 15 is 0 Å². The van der Waals surface area contributed by atoms with Crippen molar-refractivity contribution in [2.75, 3.05) is 44.4 Å². The van der Waals surface area contributed by atoms with E-state index in [-0.39, 0.29) is 17.9 Å². The summed E-state index contributed by atoms with van der Waals surface area (Å²) in [4.78, 5) is 2.16. The Labute approximate surface area is 175 Å². The van der Waals surface area contributed by atoms with Crippen LogP contribution in [0.4, 0.5) is 5.69 Å². The number of sulfonamides is 1. The lowest BCUT2D eigenvalue weighted by Gasteiger charge is -2.42. The van der Waals surface area contributed by atoms with Crippen molar-refractivity contribution in [3.63, 3.8) is 0 Å². The van der Waals surface area contributed by atoms with E-state index in [0.29, 0.717) is 37.1 Å². The first-order valence-corrected chi connectivity index (χ1v) is 12.1.